The fourth-order valence-corrected chi connectivity index (χ4v) is 3.05. The molecule has 1 aromatic heterocycles. The van der Waals surface area contributed by atoms with Crippen LogP contribution in [0.5, 0.6) is 0 Å². The average Bonchev–Trinajstić information content (AvgIpc) is 2.74. The van der Waals surface area contributed by atoms with Gasteiger partial charge in [0.05, 0.1) is 5.52 Å². The quantitative estimate of drug-likeness (QED) is 0.778. The number of hydrogen-bond donors (Lipinski definition) is 0. The van der Waals surface area contributed by atoms with Gasteiger partial charge >= 0.3 is 0 Å². The molecule has 128 valence electrons. The number of rotatable bonds is 3. The van der Waals surface area contributed by atoms with Crippen molar-refractivity contribution >= 4 is 10.9 Å². The maximum atomic E-state index is 15.3. The highest BCUT2D eigenvalue weighted by Gasteiger charge is 2.26. The molecule has 0 amide bonds. The minimum absolute atomic E-state index is 0.0142. The van der Waals surface area contributed by atoms with Crippen molar-refractivity contribution in [2.45, 2.75) is 58.9 Å². The molecule has 0 N–H and O–H groups in total. The van der Waals surface area contributed by atoms with Crippen LogP contribution in [0.25, 0.3) is 10.9 Å². The van der Waals surface area contributed by atoms with Gasteiger partial charge in [0.25, 0.3) is 0 Å². The Morgan fingerprint density at radius 1 is 1.00 bits per heavy atom. The Balaban J connectivity index is 2.74. The predicted molar refractivity (Wildman–Crippen MR) is 97.9 cm³/mol. The van der Waals surface area contributed by atoms with Crippen LogP contribution < -0.4 is 0 Å². The van der Waals surface area contributed by atoms with Gasteiger partial charge in [0.1, 0.15) is 0 Å². The molecule has 0 fully saturated rings. The molecule has 2 aromatic rings. The van der Waals surface area contributed by atoms with Crippen molar-refractivity contribution in [2.24, 2.45) is 0 Å². The number of likely N-dealkylation sites (N-methyl/N-ethyl adjacent to an activating group) is 1. The van der Waals surface area contributed by atoms with Crippen LogP contribution in [-0.4, -0.2) is 30.1 Å². The molecule has 1 aromatic carbocycles. The third kappa shape index (κ3) is 3.60. The first-order valence-corrected chi connectivity index (χ1v) is 8.40. The van der Waals surface area contributed by atoms with Crippen molar-refractivity contribution in [1.82, 2.24) is 9.47 Å². The molecule has 2 nitrogen and oxygen atoms in total. The first-order valence-electron chi connectivity index (χ1n) is 8.40. The number of hydrogen-bond acceptors (Lipinski definition) is 1. The monoisotopic (exact) mass is 318 g/mol. The van der Waals surface area contributed by atoms with E-state index in [-0.39, 0.29) is 16.6 Å². The lowest BCUT2D eigenvalue weighted by Crippen LogP contribution is -2.24. The van der Waals surface area contributed by atoms with Crippen molar-refractivity contribution in [1.29, 1.82) is 0 Å². The minimum Gasteiger partial charge on any atom is -0.340 e. The van der Waals surface area contributed by atoms with E-state index in [4.69, 9.17) is 0 Å². The van der Waals surface area contributed by atoms with E-state index in [9.17, 15) is 0 Å². The molecule has 0 spiro atoms. The first-order chi connectivity index (χ1) is 10.4. The second-order valence-corrected chi connectivity index (χ2v) is 8.85. The SMILES string of the molecule is CN(C)CCn1c(C(C)(C)C)cc2ccc(C(C)(C)C)c(F)c21. The Morgan fingerprint density at radius 2 is 1.61 bits per heavy atom. The van der Waals surface area contributed by atoms with Crippen molar-refractivity contribution in [2.75, 3.05) is 20.6 Å². The third-order valence-corrected chi connectivity index (χ3v) is 4.35. The van der Waals surface area contributed by atoms with Gasteiger partial charge in [0.15, 0.2) is 5.82 Å². The lowest BCUT2D eigenvalue weighted by atomic mass is 9.86. The summed E-state index contributed by atoms with van der Waals surface area (Å²) in [4.78, 5) is 2.14. The topological polar surface area (TPSA) is 8.17 Å². The Hall–Kier alpha value is -1.35. The van der Waals surface area contributed by atoms with E-state index >= 15 is 4.39 Å². The minimum atomic E-state index is -0.198. The van der Waals surface area contributed by atoms with Crippen molar-refractivity contribution in [3.8, 4) is 0 Å². The maximum absolute atomic E-state index is 15.3. The molecule has 0 saturated carbocycles. The Bertz CT molecular complexity index is 697. The molecule has 0 unspecified atom stereocenters. The van der Waals surface area contributed by atoms with E-state index < -0.39 is 0 Å². The molecular formula is C20H31FN2. The van der Waals surface area contributed by atoms with Crippen LogP contribution in [-0.2, 0) is 17.4 Å². The highest BCUT2D eigenvalue weighted by molar-refractivity contribution is 5.83. The molecule has 0 atom stereocenters. The zero-order valence-electron chi connectivity index (χ0n) is 15.9. The molecule has 0 radical (unpaired) electrons. The van der Waals surface area contributed by atoms with Crippen molar-refractivity contribution in [3.05, 3.63) is 35.3 Å². The maximum Gasteiger partial charge on any atom is 0.151 e. The number of aromatic nitrogens is 1. The molecule has 1 heterocycles. The number of nitrogens with zero attached hydrogens (tertiary/aromatic N) is 2. The van der Waals surface area contributed by atoms with E-state index in [2.05, 4.69) is 77.2 Å². The van der Waals surface area contributed by atoms with E-state index in [0.717, 1.165) is 29.6 Å². The molecule has 0 aliphatic heterocycles. The first kappa shape index (κ1) is 18.0. The summed E-state index contributed by atoms with van der Waals surface area (Å²) in [5, 5.41) is 0.999. The molecular weight excluding hydrogens is 287 g/mol. The van der Waals surface area contributed by atoms with Crippen LogP contribution in [0.15, 0.2) is 18.2 Å². The molecule has 0 bridgehead atoms. The summed E-state index contributed by atoms with van der Waals surface area (Å²) in [6, 6.07) is 6.17. The highest BCUT2D eigenvalue weighted by atomic mass is 19.1. The van der Waals surface area contributed by atoms with Crippen LogP contribution in [0.1, 0.15) is 52.8 Å². The summed E-state index contributed by atoms with van der Waals surface area (Å²) >= 11 is 0. The van der Waals surface area contributed by atoms with Gasteiger partial charge in [-0.25, -0.2) is 4.39 Å². The van der Waals surface area contributed by atoms with E-state index in [1.165, 1.54) is 5.69 Å². The van der Waals surface area contributed by atoms with Gasteiger partial charge in [-0.3, -0.25) is 0 Å². The zero-order chi connectivity index (χ0) is 17.6. The van der Waals surface area contributed by atoms with Crippen LogP contribution in [0.3, 0.4) is 0 Å². The number of fused-ring (bicyclic) bond motifs is 1. The van der Waals surface area contributed by atoms with E-state index in [1.807, 2.05) is 6.07 Å². The fraction of sp³-hybridized carbons (Fsp3) is 0.600. The number of benzene rings is 1. The van der Waals surface area contributed by atoms with Gasteiger partial charge in [-0.1, -0.05) is 53.7 Å². The fourth-order valence-electron chi connectivity index (χ4n) is 3.05. The summed E-state index contributed by atoms with van der Waals surface area (Å²) in [5.74, 6) is -0.0655. The summed E-state index contributed by atoms with van der Waals surface area (Å²) < 4.78 is 17.5. The van der Waals surface area contributed by atoms with Gasteiger partial charge in [-0.05, 0) is 31.1 Å². The summed E-state index contributed by atoms with van der Waals surface area (Å²) in [6.45, 7) is 14.5. The standard InChI is InChI=1S/C20H31FN2/c1-19(2,3)15-10-9-14-13-16(20(4,5)6)23(12-11-22(7)8)18(14)17(15)21/h9-10,13H,11-12H2,1-8H3. The molecule has 0 saturated heterocycles. The molecule has 0 aliphatic rings. The summed E-state index contributed by atoms with van der Waals surface area (Å²) in [7, 11) is 4.11. The second kappa shape index (κ2) is 5.94. The van der Waals surface area contributed by atoms with Crippen LogP contribution in [0, 0.1) is 5.82 Å². The molecule has 2 rings (SSSR count). The molecule has 0 aliphatic carbocycles. The van der Waals surface area contributed by atoms with E-state index in [1.54, 1.807) is 0 Å². The molecule has 3 heteroatoms. The summed E-state index contributed by atoms with van der Waals surface area (Å²) in [6.07, 6.45) is 0. The zero-order valence-corrected chi connectivity index (χ0v) is 15.9. The second-order valence-electron chi connectivity index (χ2n) is 8.85. The van der Waals surface area contributed by atoms with E-state index in [0.29, 0.717) is 0 Å². The van der Waals surface area contributed by atoms with Crippen molar-refractivity contribution < 1.29 is 4.39 Å². The van der Waals surface area contributed by atoms with Gasteiger partial charge in [-0.2, -0.15) is 0 Å². The van der Waals surface area contributed by atoms with Gasteiger partial charge in [-0.15, -0.1) is 0 Å². The largest absolute Gasteiger partial charge is 0.340 e. The highest BCUT2D eigenvalue weighted by Crippen LogP contribution is 2.35. The average molecular weight is 318 g/mol. The van der Waals surface area contributed by atoms with Gasteiger partial charge < -0.3 is 9.47 Å². The smallest absolute Gasteiger partial charge is 0.151 e. The van der Waals surface area contributed by atoms with Crippen LogP contribution >= 0.6 is 0 Å². The lowest BCUT2D eigenvalue weighted by Gasteiger charge is -2.24. The van der Waals surface area contributed by atoms with Crippen LogP contribution in [0.4, 0.5) is 4.39 Å². The Kier molecular flexibility index (Phi) is 4.64. The van der Waals surface area contributed by atoms with Crippen molar-refractivity contribution in [3.63, 3.8) is 0 Å². The van der Waals surface area contributed by atoms with Gasteiger partial charge in [0, 0.05) is 29.6 Å². The Labute approximate surface area is 140 Å². The Morgan fingerprint density at radius 3 is 2.09 bits per heavy atom. The molecule has 23 heavy (non-hydrogen) atoms. The van der Waals surface area contributed by atoms with Crippen LogP contribution in [0.2, 0.25) is 0 Å². The van der Waals surface area contributed by atoms with Gasteiger partial charge in [0.2, 0.25) is 0 Å². The lowest BCUT2D eigenvalue weighted by molar-refractivity contribution is 0.376. The number of halogens is 1. The third-order valence-electron chi connectivity index (χ3n) is 4.35. The predicted octanol–water partition coefficient (Wildman–Crippen LogP) is 4.94. The normalized spacial score (nSPS) is 13.3. The summed E-state index contributed by atoms with van der Waals surface area (Å²) in [5.41, 5.74) is 2.52.